The average Bonchev–Trinajstić information content (AvgIpc) is 3.17. The summed E-state index contributed by atoms with van der Waals surface area (Å²) >= 11 is 0. The molecule has 6 rings (SSSR count). The first-order chi connectivity index (χ1) is 25.2. The van der Waals surface area contributed by atoms with Gasteiger partial charge in [-0.1, -0.05) is 56.7 Å². The van der Waals surface area contributed by atoms with Gasteiger partial charge in [-0.2, -0.15) is 0 Å². The average molecular weight is 717 g/mol. The Morgan fingerprint density at radius 2 is 1.10 bits per heavy atom. The van der Waals surface area contributed by atoms with Crippen molar-refractivity contribution in [3.8, 4) is 11.5 Å². The molecule has 10 heteroatoms. The summed E-state index contributed by atoms with van der Waals surface area (Å²) in [4.78, 5) is 33.4. The minimum absolute atomic E-state index is 0. The highest BCUT2D eigenvalue weighted by Crippen LogP contribution is 2.27. The van der Waals surface area contributed by atoms with Crippen LogP contribution in [0.15, 0.2) is 85.2 Å². The molecule has 2 N–H and O–H groups in total. The molecule has 0 bridgehead atoms. The van der Waals surface area contributed by atoms with Gasteiger partial charge in [0.2, 0.25) is 0 Å². The van der Waals surface area contributed by atoms with Crippen LogP contribution in [0.1, 0.15) is 113 Å². The molecule has 2 amide bonds. The van der Waals surface area contributed by atoms with E-state index in [-0.39, 0.29) is 39.1 Å². The molecule has 0 saturated heterocycles. The van der Waals surface area contributed by atoms with E-state index < -0.39 is 11.6 Å². The zero-order valence-electron chi connectivity index (χ0n) is 30.2. The number of amides is 2. The van der Waals surface area contributed by atoms with Crippen molar-refractivity contribution >= 4 is 11.8 Å². The van der Waals surface area contributed by atoms with Crippen LogP contribution in [-0.4, -0.2) is 33.9 Å². The van der Waals surface area contributed by atoms with Gasteiger partial charge in [-0.3, -0.25) is 19.6 Å². The zero-order valence-corrected chi connectivity index (χ0v) is 30.2. The van der Waals surface area contributed by atoms with E-state index in [1.54, 1.807) is 18.3 Å². The van der Waals surface area contributed by atoms with Crippen molar-refractivity contribution < 1.29 is 30.7 Å². The first kappa shape index (κ1) is 38.4. The molecule has 4 aromatic rings. The maximum absolute atomic E-state index is 13.2. The van der Waals surface area contributed by atoms with Gasteiger partial charge in [-0.15, -0.1) is 0 Å². The maximum atomic E-state index is 13.2. The number of para-hydroxylation sites is 1. The van der Waals surface area contributed by atoms with Gasteiger partial charge in [0.05, 0.1) is 22.5 Å². The summed E-state index contributed by atoms with van der Waals surface area (Å²) in [5.74, 6) is 0.472. The molecule has 2 fully saturated rings. The fourth-order valence-electron chi connectivity index (χ4n) is 6.82. The largest absolute Gasteiger partial charge is 0.487 e. The number of carbonyl (C=O) groups excluding carboxylic acids is 2. The monoisotopic (exact) mass is 716 g/mol. The molecule has 2 atom stereocenters. The number of hydrogen-bond acceptors (Lipinski definition) is 6. The summed E-state index contributed by atoms with van der Waals surface area (Å²) in [5.41, 5.74) is 2.46. The Hall–Kier alpha value is -4.86. The highest BCUT2D eigenvalue weighted by atomic mass is 19.1. The molecule has 280 valence electrons. The summed E-state index contributed by atoms with van der Waals surface area (Å²) in [6.45, 7) is 4.62. The predicted octanol–water partition coefficient (Wildman–Crippen LogP) is 9.49. The number of carbonyl (C=O) groups is 2. The van der Waals surface area contributed by atoms with Crippen LogP contribution in [-0.2, 0) is 13.2 Å². The van der Waals surface area contributed by atoms with Gasteiger partial charge in [-0.25, -0.2) is 8.78 Å². The number of pyridine rings is 2. The molecule has 8 nitrogen and oxygen atoms in total. The number of nitrogens with zero attached hydrogens (tertiary/aromatic N) is 2. The van der Waals surface area contributed by atoms with Crippen molar-refractivity contribution in [2.45, 2.75) is 103 Å². The number of hydrogen-bond donors (Lipinski definition) is 2. The summed E-state index contributed by atoms with van der Waals surface area (Å²) in [5, 5.41) is 6.20. The molecular weight excluding hydrogens is 662 g/mol. The standard InChI is InChI=1S/C21H24F2N2O2.C21H26N2O2.2H2/c1-14(15-5-3-2-4-6-15)25-21(26)16-7-8-19(24-12-16)13-27-20-10-17(22)9-18(23)11-20;1-16(17-8-4-2-5-9-17)23-21(24)18-12-13-19(22-14-18)15-25-20-10-6-3-7-11-20;;/h7-12,14-15H,2-6,13H2,1H3,(H,25,26);3,6-7,10-14,16-17H,2,4-5,8-9,15H2,1H3,(H,23,24);2*1H/t14-;16-;;/m11../s1. The van der Waals surface area contributed by atoms with Crippen LogP contribution in [0.25, 0.3) is 0 Å². The second kappa shape index (κ2) is 19.7. The first-order valence-electron chi connectivity index (χ1n) is 18.5. The molecule has 2 aromatic carbocycles. The third-order valence-electron chi connectivity index (χ3n) is 9.96. The van der Waals surface area contributed by atoms with E-state index in [1.807, 2.05) is 42.5 Å². The van der Waals surface area contributed by atoms with Crippen LogP contribution in [0.5, 0.6) is 11.5 Å². The molecule has 2 aromatic heterocycles. The van der Waals surface area contributed by atoms with Crippen molar-refractivity contribution in [2.24, 2.45) is 11.8 Å². The van der Waals surface area contributed by atoms with Gasteiger partial charge in [0.15, 0.2) is 0 Å². The number of ether oxygens (including phenoxy) is 2. The maximum Gasteiger partial charge on any atom is 0.253 e. The Labute approximate surface area is 308 Å². The van der Waals surface area contributed by atoms with Crippen LogP contribution in [0.4, 0.5) is 8.78 Å². The lowest BCUT2D eigenvalue weighted by Gasteiger charge is -2.28. The Morgan fingerprint density at radius 1 is 0.654 bits per heavy atom. The quantitative estimate of drug-likeness (QED) is 0.152. The number of rotatable bonds is 12. The van der Waals surface area contributed by atoms with Crippen molar-refractivity contribution in [3.05, 3.63) is 119 Å². The third-order valence-corrected chi connectivity index (χ3v) is 9.96. The number of nitrogens with one attached hydrogen (secondary N) is 2. The van der Waals surface area contributed by atoms with Crippen LogP contribution in [0, 0.1) is 23.5 Å². The van der Waals surface area contributed by atoms with Crippen molar-refractivity contribution in [2.75, 3.05) is 0 Å². The third kappa shape index (κ3) is 12.1. The van der Waals surface area contributed by atoms with Crippen molar-refractivity contribution in [3.63, 3.8) is 0 Å². The molecular formula is C42H54F2N4O4. The Morgan fingerprint density at radius 3 is 1.52 bits per heavy atom. The highest BCUT2D eigenvalue weighted by molar-refractivity contribution is 5.94. The molecule has 2 aliphatic rings. The number of halogens is 2. The fraction of sp³-hybridized carbons (Fsp3) is 0.429. The number of benzene rings is 2. The second-order valence-corrected chi connectivity index (χ2v) is 13.9. The molecule has 0 aliphatic heterocycles. The molecule has 2 aliphatic carbocycles. The predicted molar refractivity (Wildman–Crippen MR) is 201 cm³/mol. The van der Waals surface area contributed by atoms with Gasteiger partial charge in [0.1, 0.15) is 36.3 Å². The van der Waals surface area contributed by atoms with E-state index in [2.05, 4.69) is 34.4 Å². The lowest BCUT2D eigenvalue weighted by atomic mass is 9.84. The Balaban J connectivity index is 0.000000281. The highest BCUT2D eigenvalue weighted by Gasteiger charge is 2.23. The smallest absolute Gasteiger partial charge is 0.253 e. The second-order valence-electron chi connectivity index (χ2n) is 13.9. The minimum atomic E-state index is -0.697. The van der Waals surface area contributed by atoms with Crippen LogP contribution < -0.4 is 20.1 Å². The summed E-state index contributed by atoms with van der Waals surface area (Å²) in [6, 6.07) is 20.0. The van der Waals surface area contributed by atoms with Gasteiger partial charge in [0, 0.05) is 45.5 Å². The van der Waals surface area contributed by atoms with Gasteiger partial charge >= 0.3 is 0 Å². The molecule has 0 radical (unpaired) electrons. The van der Waals surface area contributed by atoms with E-state index >= 15 is 0 Å². The normalized spacial score (nSPS) is 16.1. The topological polar surface area (TPSA) is 102 Å². The van der Waals surface area contributed by atoms with Gasteiger partial charge < -0.3 is 20.1 Å². The molecule has 0 unspecified atom stereocenters. The van der Waals surface area contributed by atoms with E-state index in [0.29, 0.717) is 35.3 Å². The van der Waals surface area contributed by atoms with E-state index in [1.165, 1.54) is 57.6 Å². The Kier molecular flexibility index (Phi) is 14.5. The fourth-order valence-corrected chi connectivity index (χ4v) is 6.82. The molecule has 2 saturated carbocycles. The summed E-state index contributed by atoms with van der Waals surface area (Å²) < 4.78 is 37.3. The van der Waals surface area contributed by atoms with Crippen molar-refractivity contribution in [1.82, 2.24) is 20.6 Å². The van der Waals surface area contributed by atoms with Gasteiger partial charge in [0.25, 0.3) is 11.8 Å². The van der Waals surface area contributed by atoms with Crippen molar-refractivity contribution in [1.29, 1.82) is 0 Å². The van der Waals surface area contributed by atoms with Crippen LogP contribution in [0.3, 0.4) is 0 Å². The lowest BCUT2D eigenvalue weighted by Crippen LogP contribution is -2.38. The van der Waals surface area contributed by atoms with Crippen LogP contribution in [0.2, 0.25) is 0 Å². The zero-order chi connectivity index (χ0) is 36.7. The van der Waals surface area contributed by atoms with Gasteiger partial charge in [-0.05, 0) is 87.8 Å². The lowest BCUT2D eigenvalue weighted by molar-refractivity contribution is 0.0910. The summed E-state index contributed by atoms with van der Waals surface area (Å²) in [6.07, 6.45) is 15.5. The minimum Gasteiger partial charge on any atom is -0.487 e. The molecule has 0 spiro atoms. The first-order valence-corrected chi connectivity index (χ1v) is 18.5. The molecule has 52 heavy (non-hydrogen) atoms. The van der Waals surface area contributed by atoms with E-state index in [9.17, 15) is 18.4 Å². The van der Waals surface area contributed by atoms with E-state index in [4.69, 9.17) is 9.47 Å². The SMILES string of the molecule is C[C@@H](NC(=O)c1ccc(COc2cc(F)cc(F)c2)nc1)C1CCCCC1.C[C@@H](NC(=O)c1ccc(COc2ccccc2)nc1)C1CCCCC1.[HH].[HH]. The summed E-state index contributed by atoms with van der Waals surface area (Å²) in [7, 11) is 0. The van der Waals surface area contributed by atoms with Crippen LogP contribution >= 0.6 is 0 Å². The van der Waals surface area contributed by atoms with E-state index in [0.717, 1.165) is 42.5 Å². The Bertz CT molecular complexity index is 1690. The molecule has 2 heterocycles. The number of aromatic nitrogens is 2.